The van der Waals surface area contributed by atoms with Gasteiger partial charge in [-0.1, -0.05) is 53.9 Å². The molecule has 1 saturated heterocycles. The van der Waals surface area contributed by atoms with Crippen LogP contribution < -0.4 is 0 Å². The summed E-state index contributed by atoms with van der Waals surface area (Å²) in [6, 6.07) is 0. The fraction of sp³-hybridized carbons (Fsp3) is 1.00. The van der Waals surface area contributed by atoms with Gasteiger partial charge >= 0.3 is 0 Å². The van der Waals surface area contributed by atoms with Crippen molar-refractivity contribution in [2.45, 2.75) is 86.0 Å². The second kappa shape index (κ2) is 8.18. The topological polar surface area (TPSA) is 3.24 Å². The average Bonchev–Trinajstić information content (AvgIpc) is 2.47. The largest absolute Gasteiger partial charge is 0.303 e. The number of nitrogens with zero attached hydrogens (tertiary/aromatic N) is 1. The molecule has 1 saturated carbocycles. The fourth-order valence-electron chi connectivity index (χ4n) is 5.01. The Balaban J connectivity index is 1.69. The molecule has 130 valence electrons. The van der Waals surface area contributed by atoms with Crippen LogP contribution in [0.1, 0.15) is 86.0 Å². The zero-order valence-corrected chi connectivity index (χ0v) is 16.0. The SMILES string of the molecule is CCC(C)(C)C1CCC(CC(C)CN2CCCC(C)C2)CC1. The molecule has 0 N–H and O–H groups in total. The molecule has 1 aliphatic carbocycles. The second-order valence-corrected chi connectivity index (χ2v) is 9.41. The van der Waals surface area contributed by atoms with Crippen LogP contribution in [0.2, 0.25) is 0 Å². The van der Waals surface area contributed by atoms with Crippen molar-refractivity contribution < 1.29 is 0 Å². The molecule has 0 aromatic heterocycles. The Morgan fingerprint density at radius 1 is 1.09 bits per heavy atom. The molecule has 2 unspecified atom stereocenters. The van der Waals surface area contributed by atoms with Gasteiger partial charge in [-0.25, -0.2) is 0 Å². The first kappa shape index (κ1) is 18.3. The lowest BCUT2D eigenvalue weighted by Crippen LogP contribution is -2.37. The Labute approximate surface area is 140 Å². The summed E-state index contributed by atoms with van der Waals surface area (Å²) in [6.07, 6.45) is 11.6. The van der Waals surface area contributed by atoms with Crippen LogP contribution in [0, 0.1) is 29.1 Å². The minimum Gasteiger partial charge on any atom is -0.303 e. The third-order valence-electron chi connectivity index (χ3n) is 6.91. The predicted octanol–water partition coefficient (Wildman–Crippen LogP) is 5.99. The third-order valence-corrected chi connectivity index (χ3v) is 6.91. The van der Waals surface area contributed by atoms with Crippen LogP contribution in [-0.2, 0) is 0 Å². The zero-order chi connectivity index (χ0) is 16.2. The Kier molecular flexibility index (Phi) is 6.80. The molecule has 0 spiro atoms. The average molecular weight is 308 g/mol. The quantitative estimate of drug-likeness (QED) is 0.583. The van der Waals surface area contributed by atoms with E-state index in [4.69, 9.17) is 0 Å². The van der Waals surface area contributed by atoms with E-state index in [0.717, 1.165) is 23.7 Å². The lowest BCUT2D eigenvalue weighted by atomic mass is 9.66. The van der Waals surface area contributed by atoms with Crippen LogP contribution in [0.3, 0.4) is 0 Å². The van der Waals surface area contributed by atoms with Crippen LogP contribution in [0.25, 0.3) is 0 Å². The van der Waals surface area contributed by atoms with Crippen molar-refractivity contribution in [1.82, 2.24) is 4.90 Å². The highest BCUT2D eigenvalue weighted by Crippen LogP contribution is 2.43. The van der Waals surface area contributed by atoms with Gasteiger partial charge in [0.2, 0.25) is 0 Å². The smallest absolute Gasteiger partial charge is 0.000723 e. The molecule has 1 heterocycles. The van der Waals surface area contributed by atoms with Crippen molar-refractivity contribution in [2.24, 2.45) is 29.1 Å². The van der Waals surface area contributed by atoms with E-state index < -0.39 is 0 Å². The van der Waals surface area contributed by atoms with Gasteiger partial charge in [0, 0.05) is 13.1 Å². The molecule has 1 aliphatic heterocycles. The van der Waals surface area contributed by atoms with E-state index in [2.05, 4.69) is 39.5 Å². The number of piperidine rings is 1. The summed E-state index contributed by atoms with van der Waals surface area (Å²) in [5.74, 6) is 3.81. The minimum atomic E-state index is 0.570. The van der Waals surface area contributed by atoms with Crippen LogP contribution in [-0.4, -0.2) is 24.5 Å². The summed E-state index contributed by atoms with van der Waals surface area (Å²) in [6.45, 7) is 16.3. The molecule has 0 radical (unpaired) electrons. The van der Waals surface area contributed by atoms with Gasteiger partial charge in [0.15, 0.2) is 0 Å². The van der Waals surface area contributed by atoms with Crippen LogP contribution >= 0.6 is 0 Å². The van der Waals surface area contributed by atoms with Crippen molar-refractivity contribution in [3.8, 4) is 0 Å². The van der Waals surface area contributed by atoms with Crippen LogP contribution in [0.5, 0.6) is 0 Å². The number of hydrogen-bond acceptors (Lipinski definition) is 1. The highest BCUT2D eigenvalue weighted by atomic mass is 15.1. The molecule has 22 heavy (non-hydrogen) atoms. The summed E-state index contributed by atoms with van der Waals surface area (Å²) in [5.41, 5.74) is 0.570. The Hall–Kier alpha value is -0.0400. The van der Waals surface area contributed by atoms with E-state index >= 15 is 0 Å². The maximum atomic E-state index is 2.74. The van der Waals surface area contributed by atoms with Gasteiger partial charge in [0.25, 0.3) is 0 Å². The van der Waals surface area contributed by atoms with E-state index in [-0.39, 0.29) is 0 Å². The molecular formula is C21H41N. The van der Waals surface area contributed by atoms with Crippen molar-refractivity contribution >= 4 is 0 Å². The molecule has 0 bridgehead atoms. The first-order chi connectivity index (χ1) is 10.4. The van der Waals surface area contributed by atoms with E-state index in [1.165, 1.54) is 71.0 Å². The standard InChI is InChI=1S/C21H41N/c1-6-21(4,5)20-11-9-19(10-12-20)14-18(3)16-22-13-7-8-17(2)15-22/h17-20H,6-16H2,1-5H3. The van der Waals surface area contributed by atoms with Gasteiger partial charge < -0.3 is 4.90 Å². The summed E-state index contributed by atoms with van der Waals surface area (Å²) < 4.78 is 0. The van der Waals surface area contributed by atoms with Gasteiger partial charge in [-0.2, -0.15) is 0 Å². The number of rotatable bonds is 6. The lowest BCUT2D eigenvalue weighted by Gasteiger charge is -2.40. The molecule has 2 fully saturated rings. The van der Waals surface area contributed by atoms with Crippen LogP contribution in [0.4, 0.5) is 0 Å². The molecule has 1 nitrogen and oxygen atoms in total. The maximum absolute atomic E-state index is 2.74. The molecule has 2 rings (SSSR count). The van der Waals surface area contributed by atoms with Crippen molar-refractivity contribution in [1.29, 1.82) is 0 Å². The van der Waals surface area contributed by atoms with E-state index in [0.29, 0.717) is 5.41 Å². The van der Waals surface area contributed by atoms with Crippen molar-refractivity contribution in [2.75, 3.05) is 19.6 Å². The molecule has 0 aromatic rings. The molecule has 0 aromatic carbocycles. The molecular weight excluding hydrogens is 266 g/mol. The van der Waals surface area contributed by atoms with Gasteiger partial charge in [-0.3, -0.25) is 0 Å². The Bertz CT molecular complexity index is 314. The first-order valence-corrected chi connectivity index (χ1v) is 10.1. The van der Waals surface area contributed by atoms with Gasteiger partial charge in [0.05, 0.1) is 0 Å². The molecule has 1 heteroatoms. The summed E-state index contributed by atoms with van der Waals surface area (Å²) in [4.78, 5) is 2.74. The normalized spacial score (nSPS) is 32.9. The minimum absolute atomic E-state index is 0.570. The van der Waals surface area contributed by atoms with E-state index in [9.17, 15) is 0 Å². The van der Waals surface area contributed by atoms with Gasteiger partial charge in [-0.05, 0) is 67.7 Å². The molecule has 0 amide bonds. The number of likely N-dealkylation sites (tertiary alicyclic amines) is 1. The van der Waals surface area contributed by atoms with Gasteiger partial charge in [0.1, 0.15) is 0 Å². The Morgan fingerprint density at radius 2 is 1.77 bits per heavy atom. The summed E-state index contributed by atoms with van der Waals surface area (Å²) in [7, 11) is 0. The van der Waals surface area contributed by atoms with Crippen LogP contribution in [0.15, 0.2) is 0 Å². The monoisotopic (exact) mass is 307 g/mol. The third kappa shape index (κ3) is 5.25. The molecule has 2 aliphatic rings. The highest BCUT2D eigenvalue weighted by molar-refractivity contribution is 4.83. The maximum Gasteiger partial charge on any atom is 0.000723 e. The predicted molar refractivity (Wildman–Crippen MR) is 98.1 cm³/mol. The second-order valence-electron chi connectivity index (χ2n) is 9.41. The first-order valence-electron chi connectivity index (χ1n) is 10.1. The van der Waals surface area contributed by atoms with Crippen molar-refractivity contribution in [3.05, 3.63) is 0 Å². The van der Waals surface area contributed by atoms with Gasteiger partial charge in [-0.15, -0.1) is 0 Å². The fourth-order valence-corrected chi connectivity index (χ4v) is 5.01. The number of hydrogen-bond donors (Lipinski definition) is 0. The summed E-state index contributed by atoms with van der Waals surface area (Å²) >= 11 is 0. The van der Waals surface area contributed by atoms with Crippen molar-refractivity contribution in [3.63, 3.8) is 0 Å². The lowest BCUT2D eigenvalue weighted by molar-refractivity contribution is 0.110. The Morgan fingerprint density at radius 3 is 2.36 bits per heavy atom. The van der Waals surface area contributed by atoms with E-state index in [1.807, 2.05) is 0 Å². The molecule has 2 atom stereocenters. The summed E-state index contributed by atoms with van der Waals surface area (Å²) in [5, 5.41) is 0. The van der Waals surface area contributed by atoms with E-state index in [1.54, 1.807) is 0 Å². The highest BCUT2D eigenvalue weighted by Gasteiger charge is 2.32. The zero-order valence-electron chi connectivity index (χ0n) is 16.0.